The van der Waals surface area contributed by atoms with Crippen molar-refractivity contribution in [1.29, 1.82) is 0 Å². The van der Waals surface area contributed by atoms with Crippen molar-refractivity contribution in [2.24, 2.45) is 0 Å². The van der Waals surface area contributed by atoms with Gasteiger partial charge in [0.25, 0.3) is 5.91 Å². The zero-order chi connectivity index (χ0) is 29.5. The monoisotopic (exact) mass is 587 g/mol. The van der Waals surface area contributed by atoms with Crippen molar-refractivity contribution in [2.45, 2.75) is 37.9 Å². The summed E-state index contributed by atoms with van der Waals surface area (Å²) in [4.78, 5) is 36.7. The normalized spacial score (nSPS) is 21.7. The summed E-state index contributed by atoms with van der Waals surface area (Å²) in [6.07, 6.45) is 2.00. The van der Waals surface area contributed by atoms with Crippen LogP contribution < -0.4 is 15.0 Å². The van der Waals surface area contributed by atoms with Crippen LogP contribution in [0.5, 0.6) is 11.5 Å². The van der Waals surface area contributed by atoms with E-state index in [1.165, 1.54) is 24.3 Å². The average Bonchev–Trinajstić information content (AvgIpc) is 3.16. The highest BCUT2D eigenvalue weighted by atomic mass is 35.5. The summed E-state index contributed by atoms with van der Waals surface area (Å²) in [7, 11) is 1.64. The van der Waals surface area contributed by atoms with E-state index in [1.54, 1.807) is 16.9 Å². The van der Waals surface area contributed by atoms with E-state index in [-0.39, 0.29) is 64.4 Å². The highest BCUT2D eigenvalue weighted by Crippen LogP contribution is 2.48. The third-order valence-corrected chi connectivity index (χ3v) is 8.39. The number of carbonyl (C=O) groups excluding carboxylic acids is 2. The lowest BCUT2D eigenvalue weighted by atomic mass is 9.99. The molecule has 0 spiro atoms. The van der Waals surface area contributed by atoms with Crippen molar-refractivity contribution in [3.63, 3.8) is 0 Å². The van der Waals surface area contributed by atoms with E-state index in [4.69, 9.17) is 26.1 Å². The summed E-state index contributed by atoms with van der Waals surface area (Å²) in [5.74, 6) is -1.20. The van der Waals surface area contributed by atoms with Crippen LogP contribution in [0.1, 0.15) is 30.6 Å². The Morgan fingerprint density at radius 3 is 2.83 bits per heavy atom. The van der Waals surface area contributed by atoms with Crippen molar-refractivity contribution >= 4 is 29.2 Å². The Morgan fingerprint density at radius 1 is 1.34 bits per heavy atom. The first kappa shape index (κ1) is 29.1. The summed E-state index contributed by atoms with van der Waals surface area (Å²) < 4.78 is 26.6. The Balaban J connectivity index is 1.64. The van der Waals surface area contributed by atoms with Gasteiger partial charge in [0.1, 0.15) is 40.3 Å². The van der Waals surface area contributed by atoms with Gasteiger partial charge in [-0.3, -0.25) is 9.59 Å². The standard InChI is InChI=1S/C29H35ClFN5O5/c1-5-21(38)34-10-11-35-18(15-34)16-41-26-23(28(35)39)27(36-14-17(13-29(36,2)3)32-9-12-40-4)33-25(24(26)30)22-19(31)7-6-8-20(22)37/h5-8,17-18,32,37H,1,9-16H2,2-4H3/t17?,18-/m1/s1. The Labute approximate surface area is 243 Å². The van der Waals surface area contributed by atoms with Gasteiger partial charge in [-0.05, 0) is 38.5 Å². The molecule has 2 N–H and O–H groups in total. The van der Waals surface area contributed by atoms with Crippen molar-refractivity contribution in [3.05, 3.63) is 47.3 Å². The summed E-state index contributed by atoms with van der Waals surface area (Å²) in [5, 5.41) is 14.1. The highest BCUT2D eigenvalue weighted by molar-refractivity contribution is 6.35. The van der Waals surface area contributed by atoms with Gasteiger partial charge < -0.3 is 34.6 Å². The number of rotatable bonds is 7. The minimum Gasteiger partial charge on any atom is -0.507 e. The highest BCUT2D eigenvalue weighted by Gasteiger charge is 2.45. The molecule has 2 saturated heterocycles. The van der Waals surface area contributed by atoms with E-state index in [0.29, 0.717) is 38.6 Å². The van der Waals surface area contributed by atoms with Crippen LogP contribution in [0.3, 0.4) is 0 Å². The largest absolute Gasteiger partial charge is 0.507 e. The van der Waals surface area contributed by atoms with E-state index in [0.717, 1.165) is 6.42 Å². The number of carbonyl (C=O) groups is 2. The number of phenols is 1. The molecule has 2 aromatic rings. The lowest BCUT2D eigenvalue weighted by Gasteiger charge is -2.40. The molecule has 3 aliphatic rings. The first-order chi connectivity index (χ1) is 19.6. The van der Waals surface area contributed by atoms with E-state index < -0.39 is 17.4 Å². The number of hydrogen-bond donors (Lipinski definition) is 2. The molecule has 4 heterocycles. The Hall–Kier alpha value is -3.41. The smallest absolute Gasteiger partial charge is 0.261 e. The fourth-order valence-corrected chi connectivity index (χ4v) is 6.29. The van der Waals surface area contributed by atoms with E-state index in [2.05, 4.69) is 25.7 Å². The van der Waals surface area contributed by atoms with E-state index in [9.17, 15) is 14.7 Å². The molecule has 12 heteroatoms. The quantitative estimate of drug-likeness (QED) is 0.376. The molecule has 2 fully saturated rings. The fraction of sp³-hybridized carbons (Fsp3) is 0.483. The maximum absolute atomic E-state index is 15.1. The molecule has 1 aromatic heterocycles. The number of benzene rings is 1. The van der Waals surface area contributed by atoms with E-state index >= 15 is 4.39 Å². The summed E-state index contributed by atoms with van der Waals surface area (Å²) in [6, 6.07) is 3.60. The number of phenolic OH excluding ortho intramolecular Hbond substituents is 1. The average molecular weight is 588 g/mol. The van der Waals surface area contributed by atoms with Gasteiger partial charge in [0, 0.05) is 51.4 Å². The molecule has 220 valence electrons. The van der Waals surface area contributed by atoms with Crippen LogP contribution in [-0.2, 0) is 9.53 Å². The zero-order valence-electron chi connectivity index (χ0n) is 23.5. The number of methoxy groups -OCH3 is 1. The topological polar surface area (TPSA) is 107 Å². The number of aromatic nitrogens is 1. The number of halogens is 2. The fourth-order valence-electron chi connectivity index (χ4n) is 6.00. The van der Waals surface area contributed by atoms with Crippen LogP contribution in [0.25, 0.3) is 11.3 Å². The van der Waals surface area contributed by atoms with Gasteiger partial charge >= 0.3 is 0 Å². The molecule has 5 rings (SSSR count). The number of pyridine rings is 1. The maximum atomic E-state index is 15.1. The predicted molar refractivity (Wildman–Crippen MR) is 153 cm³/mol. The summed E-state index contributed by atoms with van der Waals surface area (Å²) >= 11 is 6.85. The molecule has 1 aromatic carbocycles. The molecular weight excluding hydrogens is 553 g/mol. The lowest BCUT2D eigenvalue weighted by Crippen LogP contribution is -2.57. The van der Waals surface area contributed by atoms with Crippen LogP contribution in [0.2, 0.25) is 5.02 Å². The van der Waals surface area contributed by atoms with Crippen molar-refractivity contribution < 1.29 is 28.6 Å². The van der Waals surface area contributed by atoms with Crippen LogP contribution in [0, 0.1) is 5.82 Å². The number of aromatic hydroxyl groups is 1. The van der Waals surface area contributed by atoms with Gasteiger partial charge in [0.2, 0.25) is 5.91 Å². The number of nitrogens with zero attached hydrogens (tertiary/aromatic N) is 4. The maximum Gasteiger partial charge on any atom is 0.261 e. The van der Waals surface area contributed by atoms with Crippen LogP contribution >= 0.6 is 11.6 Å². The SMILES string of the molecule is C=CC(=O)N1CCN2C(=O)c3c(N4CC(NCCOC)CC4(C)C)nc(-c4c(O)cccc4F)c(Cl)c3OC[C@H]2C1. The Morgan fingerprint density at radius 2 is 2.12 bits per heavy atom. The van der Waals surface area contributed by atoms with Gasteiger partial charge in [0.15, 0.2) is 5.75 Å². The third-order valence-electron chi connectivity index (χ3n) is 8.04. The van der Waals surface area contributed by atoms with E-state index in [1.807, 2.05) is 4.90 Å². The number of ether oxygens (including phenoxy) is 2. The number of anilines is 1. The molecule has 0 bridgehead atoms. The summed E-state index contributed by atoms with van der Waals surface area (Å²) in [5.41, 5.74) is -0.450. The van der Waals surface area contributed by atoms with Crippen molar-refractivity contribution in [3.8, 4) is 22.8 Å². The lowest BCUT2D eigenvalue weighted by molar-refractivity contribution is -0.128. The summed E-state index contributed by atoms with van der Waals surface area (Å²) in [6.45, 7) is 10.4. The second-order valence-corrected chi connectivity index (χ2v) is 11.5. The predicted octanol–water partition coefficient (Wildman–Crippen LogP) is 3.07. The minimum atomic E-state index is -0.707. The molecule has 2 atom stereocenters. The van der Waals surface area contributed by atoms with Crippen molar-refractivity contribution in [1.82, 2.24) is 20.1 Å². The molecule has 2 amide bonds. The van der Waals surface area contributed by atoms with Gasteiger partial charge in [-0.2, -0.15) is 0 Å². The zero-order valence-corrected chi connectivity index (χ0v) is 24.2. The van der Waals surface area contributed by atoms with Crippen molar-refractivity contribution in [2.75, 3.05) is 57.9 Å². The number of fused-ring (bicyclic) bond motifs is 2. The molecule has 3 aliphatic heterocycles. The number of amides is 2. The Bertz CT molecular complexity index is 1350. The van der Waals surface area contributed by atoms with Gasteiger partial charge in [-0.1, -0.05) is 24.2 Å². The molecule has 0 saturated carbocycles. The second kappa shape index (κ2) is 11.5. The Kier molecular flexibility index (Phi) is 8.13. The number of nitrogens with one attached hydrogen (secondary N) is 1. The van der Waals surface area contributed by atoms with Gasteiger partial charge in [-0.15, -0.1) is 0 Å². The first-order valence-electron chi connectivity index (χ1n) is 13.6. The second-order valence-electron chi connectivity index (χ2n) is 11.2. The first-order valence-corrected chi connectivity index (χ1v) is 14.0. The third kappa shape index (κ3) is 5.33. The van der Waals surface area contributed by atoms with Gasteiger partial charge in [0.05, 0.1) is 18.2 Å². The molecule has 1 unspecified atom stereocenters. The molecule has 41 heavy (non-hydrogen) atoms. The van der Waals surface area contributed by atoms with Gasteiger partial charge in [-0.25, -0.2) is 9.37 Å². The molecular formula is C29H35ClFN5O5. The van der Waals surface area contributed by atoms with Crippen LogP contribution in [-0.4, -0.2) is 102 Å². The minimum absolute atomic E-state index is 0.0151. The van der Waals surface area contributed by atoms with Crippen LogP contribution in [0.4, 0.5) is 10.2 Å². The van der Waals surface area contributed by atoms with Crippen LogP contribution in [0.15, 0.2) is 30.9 Å². The number of hydrogen-bond acceptors (Lipinski definition) is 8. The number of piperazine rings is 1. The molecule has 10 nitrogen and oxygen atoms in total. The molecule has 0 aliphatic carbocycles. The molecule has 0 radical (unpaired) electrons.